The number of amides is 2. The number of carbonyl (C=O) groups excluding carboxylic acids is 3. The molecule has 3 aromatic rings. The Morgan fingerprint density at radius 1 is 1.10 bits per heavy atom. The minimum atomic E-state index is -0.512. The molecule has 1 N–H and O–H groups in total. The number of rotatable bonds is 6. The molecule has 2 amide bonds. The maximum Gasteiger partial charge on any atom is 0.344 e. The normalized spacial score (nSPS) is 29.3. The summed E-state index contributed by atoms with van der Waals surface area (Å²) in [4.78, 5) is 57.1. The van der Waals surface area contributed by atoms with Crippen molar-refractivity contribution in [2.24, 2.45) is 29.6 Å². The van der Waals surface area contributed by atoms with Gasteiger partial charge in [0.25, 0.3) is 0 Å². The molecule has 0 radical (unpaired) electrons. The summed E-state index contributed by atoms with van der Waals surface area (Å²) in [5.74, 6) is -2.63. The highest BCUT2D eigenvalue weighted by Gasteiger charge is 2.69. The Balaban J connectivity index is 1.30. The van der Waals surface area contributed by atoms with E-state index in [4.69, 9.17) is 21.1 Å². The van der Waals surface area contributed by atoms with Gasteiger partial charge in [-0.15, -0.1) is 11.8 Å². The minimum absolute atomic E-state index is 0.0363. The van der Waals surface area contributed by atoms with E-state index in [0.717, 1.165) is 26.8 Å². The van der Waals surface area contributed by atoms with Crippen molar-refractivity contribution in [3.8, 4) is 5.75 Å². The van der Waals surface area contributed by atoms with Crippen LogP contribution < -0.4 is 14.5 Å². The third-order valence-corrected chi connectivity index (χ3v) is 11.6. The van der Waals surface area contributed by atoms with E-state index in [2.05, 4.69) is 4.98 Å². The number of thiazole rings is 1. The van der Waals surface area contributed by atoms with E-state index in [1.807, 2.05) is 0 Å². The molecule has 212 valence electrons. The van der Waals surface area contributed by atoms with E-state index in [1.165, 1.54) is 29.2 Å². The number of hydrogen-bond donors (Lipinski definition) is 1. The van der Waals surface area contributed by atoms with E-state index < -0.39 is 23.6 Å². The number of aromatic nitrogens is 1. The molecule has 1 saturated heterocycles. The average Bonchev–Trinajstić information content (AvgIpc) is 3.67. The van der Waals surface area contributed by atoms with E-state index in [1.54, 1.807) is 36.9 Å². The maximum absolute atomic E-state index is 13.9. The smallest absolute Gasteiger partial charge is 0.344 e. The lowest BCUT2D eigenvalue weighted by molar-refractivity contribution is -0.145. The molecule has 2 bridgehead atoms. The Morgan fingerprint density at radius 2 is 1.83 bits per heavy atom. The number of nitrogens with zero attached hydrogens (tertiary/aromatic N) is 1. The Morgan fingerprint density at radius 3 is 2.56 bits per heavy atom. The lowest BCUT2D eigenvalue weighted by atomic mass is 9.68. The first-order valence-electron chi connectivity index (χ1n) is 13.4. The highest BCUT2D eigenvalue weighted by molar-refractivity contribution is 8.00. The van der Waals surface area contributed by atoms with Gasteiger partial charge in [0.15, 0.2) is 6.61 Å². The van der Waals surface area contributed by atoms with Gasteiger partial charge in [0, 0.05) is 26.6 Å². The second-order valence-electron chi connectivity index (χ2n) is 10.7. The number of nitrogens with one attached hydrogen (secondary N) is 1. The fourth-order valence-electron chi connectivity index (χ4n) is 7.44. The van der Waals surface area contributed by atoms with Crippen molar-refractivity contribution >= 4 is 58.2 Å². The van der Waals surface area contributed by atoms with Crippen LogP contribution in [0.25, 0.3) is 0 Å². The first kappa shape index (κ1) is 26.7. The van der Waals surface area contributed by atoms with Gasteiger partial charge in [0.05, 0.1) is 29.2 Å². The van der Waals surface area contributed by atoms with Crippen molar-refractivity contribution in [2.75, 3.05) is 18.1 Å². The monoisotopic (exact) mass is 614 g/mol. The van der Waals surface area contributed by atoms with Crippen LogP contribution in [-0.2, 0) is 19.1 Å². The predicted molar refractivity (Wildman–Crippen MR) is 151 cm³/mol. The van der Waals surface area contributed by atoms with Gasteiger partial charge in [-0.05, 0) is 73.6 Å². The highest BCUT2D eigenvalue weighted by atomic mass is 35.5. The quantitative estimate of drug-likeness (QED) is 0.313. The second kappa shape index (κ2) is 9.99. The number of benzene rings is 2. The van der Waals surface area contributed by atoms with Gasteiger partial charge in [-0.2, -0.15) is 0 Å². The van der Waals surface area contributed by atoms with Crippen LogP contribution >= 0.6 is 34.7 Å². The summed E-state index contributed by atoms with van der Waals surface area (Å²) in [7, 11) is 0. The van der Waals surface area contributed by atoms with E-state index in [9.17, 15) is 23.6 Å². The number of H-pyrrole nitrogens is 1. The Kier molecular flexibility index (Phi) is 6.51. The van der Waals surface area contributed by atoms with Crippen molar-refractivity contribution in [3.63, 3.8) is 0 Å². The molecule has 0 unspecified atom stereocenters. The van der Waals surface area contributed by atoms with Gasteiger partial charge < -0.3 is 14.5 Å². The second-order valence-corrected chi connectivity index (χ2v) is 13.4. The third-order valence-electron chi connectivity index (χ3n) is 8.77. The van der Waals surface area contributed by atoms with Gasteiger partial charge >= 0.3 is 10.8 Å². The van der Waals surface area contributed by atoms with Crippen molar-refractivity contribution in [2.45, 2.75) is 29.5 Å². The summed E-state index contributed by atoms with van der Waals surface area (Å²) in [6.07, 6.45) is 0.710. The largest absolute Gasteiger partial charge is 0.482 e. The molecule has 8 nitrogen and oxygen atoms in total. The number of ether oxygens (including phenoxy) is 2. The molecule has 3 heterocycles. The lowest BCUT2D eigenvalue weighted by Gasteiger charge is -2.43. The minimum Gasteiger partial charge on any atom is -0.482 e. The Bertz CT molecular complexity index is 1640. The van der Waals surface area contributed by atoms with Crippen LogP contribution in [0.5, 0.6) is 5.75 Å². The summed E-state index contributed by atoms with van der Waals surface area (Å²) < 4.78 is 24.6. The van der Waals surface area contributed by atoms with Crippen molar-refractivity contribution in [3.05, 3.63) is 73.4 Å². The molecule has 41 heavy (non-hydrogen) atoms. The van der Waals surface area contributed by atoms with Crippen LogP contribution in [0.1, 0.15) is 29.7 Å². The fraction of sp³-hybridized carbons (Fsp3) is 0.379. The number of esters is 1. The molecule has 2 saturated carbocycles. The summed E-state index contributed by atoms with van der Waals surface area (Å²) in [5, 5.41) is 1.18. The number of halogens is 2. The number of carbonyl (C=O) groups is 3. The van der Waals surface area contributed by atoms with Gasteiger partial charge in [0.1, 0.15) is 11.6 Å². The van der Waals surface area contributed by atoms with Gasteiger partial charge in [-0.3, -0.25) is 19.3 Å². The number of aromatic amines is 1. The summed E-state index contributed by atoms with van der Waals surface area (Å²) in [6, 6.07) is 10.6. The third kappa shape index (κ3) is 4.15. The summed E-state index contributed by atoms with van der Waals surface area (Å²) in [5.41, 5.74) is 1.10. The molecule has 12 heteroatoms. The molecule has 2 aromatic carbocycles. The van der Waals surface area contributed by atoms with Crippen LogP contribution in [0.4, 0.5) is 10.1 Å². The zero-order valence-corrected chi connectivity index (χ0v) is 24.1. The zero-order valence-electron chi connectivity index (χ0n) is 21.7. The molecule has 4 aliphatic rings. The number of imide groups is 1. The summed E-state index contributed by atoms with van der Waals surface area (Å²) >= 11 is 9.17. The van der Waals surface area contributed by atoms with Crippen LogP contribution in [-0.4, -0.2) is 41.2 Å². The summed E-state index contributed by atoms with van der Waals surface area (Å²) in [6.45, 7) is 1.66. The van der Waals surface area contributed by atoms with Gasteiger partial charge in [-0.25, -0.2) is 9.18 Å². The molecule has 1 aromatic heterocycles. The molecular formula is C29H24ClFN2O6S2. The van der Waals surface area contributed by atoms with Crippen LogP contribution in [0.2, 0.25) is 5.02 Å². The molecule has 7 atom stereocenters. The van der Waals surface area contributed by atoms with Crippen LogP contribution in [0.15, 0.2) is 52.3 Å². The number of hydrogen-bond acceptors (Lipinski definition) is 8. The number of fused-ring (bicyclic) bond motifs is 9. The SMILES string of the molecule is CCOC(=O)COc1ccc(Cl)cc1[C@@H]1c2sc(=O)[nH]c2S[C@@H]2[C@@H]3C[C@@H]([C@@H]4C(=O)N(c5ccc(F)cc5)C(=O)[C@@H]34)[C@H]12. The van der Waals surface area contributed by atoms with Gasteiger partial charge in [-0.1, -0.05) is 22.9 Å². The maximum atomic E-state index is 13.9. The van der Waals surface area contributed by atoms with Crippen LogP contribution in [0.3, 0.4) is 0 Å². The molecule has 2 aliphatic carbocycles. The number of anilines is 1. The number of thioether (sulfide) groups is 1. The average molecular weight is 615 g/mol. The molecule has 3 fully saturated rings. The first-order chi connectivity index (χ1) is 19.8. The van der Waals surface area contributed by atoms with E-state index in [0.29, 0.717) is 22.9 Å². The van der Waals surface area contributed by atoms with Gasteiger partial charge in [0.2, 0.25) is 11.8 Å². The highest BCUT2D eigenvalue weighted by Crippen LogP contribution is 2.69. The first-order valence-corrected chi connectivity index (χ1v) is 15.4. The Labute approximate surface area is 247 Å². The lowest BCUT2D eigenvalue weighted by Crippen LogP contribution is -2.42. The molecule has 7 rings (SSSR count). The van der Waals surface area contributed by atoms with Crippen LogP contribution in [0, 0.1) is 35.4 Å². The Hall–Kier alpha value is -3.15. The van der Waals surface area contributed by atoms with E-state index >= 15 is 0 Å². The van der Waals surface area contributed by atoms with E-state index in [-0.39, 0.29) is 58.8 Å². The predicted octanol–water partition coefficient (Wildman–Crippen LogP) is 4.85. The zero-order chi connectivity index (χ0) is 28.6. The molecule has 2 aliphatic heterocycles. The molecule has 0 spiro atoms. The standard InChI is InChI=1S/C29H24ClFN2O6S2/c1-2-38-19(34)11-39-18-8-3-12(30)9-15(18)20-21-16-10-17(24(21)40-26-25(20)41-29(37)32-26)23-22(16)27(35)33(28(23)36)14-6-4-13(31)5-7-14/h3-9,16-17,20-24H,2,10-11H2,1H3,(H,32,37)/t16-,17-,20+,21-,22+,23+,24-/m1/s1. The van der Waals surface area contributed by atoms with Crippen molar-refractivity contribution in [1.82, 2.24) is 4.98 Å². The van der Waals surface area contributed by atoms with Crippen molar-refractivity contribution in [1.29, 1.82) is 0 Å². The topological polar surface area (TPSA) is 106 Å². The fourth-order valence-corrected chi connectivity index (χ4v) is 10.5. The molecular weight excluding hydrogens is 591 g/mol. The van der Waals surface area contributed by atoms with Crippen molar-refractivity contribution < 1.29 is 28.2 Å².